The number of hydrogen-bond acceptors (Lipinski definition) is 5. The molecule has 2 heterocycles. The maximum Gasteiger partial charge on any atom is 0.433 e. The molecule has 0 bridgehead atoms. The molecule has 126 valence electrons. The van der Waals surface area contributed by atoms with Gasteiger partial charge in [-0.2, -0.15) is 18.4 Å². The predicted octanol–water partition coefficient (Wildman–Crippen LogP) is 2.13. The fourth-order valence-electron chi connectivity index (χ4n) is 2.80. The summed E-state index contributed by atoms with van der Waals surface area (Å²) in [5.74, 6) is 0.0524. The van der Waals surface area contributed by atoms with E-state index in [4.69, 9.17) is 10.00 Å². The number of halogens is 3. The Bertz CT molecular complexity index is 599. The first-order valence-electron chi connectivity index (χ1n) is 7.18. The highest BCUT2D eigenvalue weighted by Gasteiger charge is 2.34. The number of likely N-dealkylation sites (N-methyl/N-ethyl adjacent to an activating group) is 2. The van der Waals surface area contributed by atoms with Crippen LogP contribution < -0.4 is 4.90 Å². The minimum atomic E-state index is -4.53. The standard InChI is InChI=1S/C15H19F3N4O/c1-21-9-12(23-3)6-11(21)8-22(2)14-10(7-19)4-5-13(20-14)15(16,17)18/h4-5,11-12H,6,8-9H2,1-3H3/t11-,12-/m0/s1. The summed E-state index contributed by atoms with van der Waals surface area (Å²) >= 11 is 0. The average molecular weight is 328 g/mol. The third-order valence-electron chi connectivity index (χ3n) is 4.12. The summed E-state index contributed by atoms with van der Waals surface area (Å²) in [7, 11) is 5.24. The SMILES string of the molecule is CO[C@H]1C[C@@H](CN(C)c2nc(C(F)(F)F)ccc2C#N)N(C)C1. The lowest BCUT2D eigenvalue weighted by molar-refractivity contribution is -0.141. The lowest BCUT2D eigenvalue weighted by Gasteiger charge is -2.27. The van der Waals surface area contributed by atoms with Crippen LogP contribution >= 0.6 is 0 Å². The minimum Gasteiger partial charge on any atom is -0.380 e. The molecule has 0 aliphatic carbocycles. The van der Waals surface area contributed by atoms with Gasteiger partial charge in [0.25, 0.3) is 0 Å². The topological polar surface area (TPSA) is 52.4 Å². The van der Waals surface area contributed by atoms with E-state index in [2.05, 4.69) is 9.88 Å². The van der Waals surface area contributed by atoms with Gasteiger partial charge in [-0.25, -0.2) is 4.98 Å². The van der Waals surface area contributed by atoms with Gasteiger partial charge in [-0.15, -0.1) is 0 Å². The number of hydrogen-bond donors (Lipinski definition) is 0. The quantitative estimate of drug-likeness (QED) is 0.847. The van der Waals surface area contributed by atoms with Gasteiger partial charge in [0.05, 0.1) is 11.7 Å². The van der Waals surface area contributed by atoms with Crippen molar-refractivity contribution >= 4 is 5.82 Å². The van der Waals surface area contributed by atoms with Crippen LogP contribution in [0.1, 0.15) is 17.7 Å². The maximum atomic E-state index is 12.8. The van der Waals surface area contributed by atoms with Crippen LogP contribution in [0.5, 0.6) is 0 Å². The fourth-order valence-corrected chi connectivity index (χ4v) is 2.80. The van der Waals surface area contributed by atoms with Crippen LogP contribution in [0.2, 0.25) is 0 Å². The molecular weight excluding hydrogens is 309 g/mol. The molecule has 0 saturated carbocycles. The molecule has 2 rings (SSSR count). The summed E-state index contributed by atoms with van der Waals surface area (Å²) in [6.07, 6.45) is -3.63. The predicted molar refractivity (Wildman–Crippen MR) is 79.1 cm³/mol. The number of nitrogens with zero attached hydrogens (tertiary/aromatic N) is 4. The first kappa shape index (κ1) is 17.5. The lowest BCUT2D eigenvalue weighted by atomic mass is 10.1. The van der Waals surface area contributed by atoms with Crippen molar-refractivity contribution in [2.24, 2.45) is 0 Å². The first-order chi connectivity index (χ1) is 10.8. The Morgan fingerprint density at radius 2 is 2.17 bits per heavy atom. The van der Waals surface area contributed by atoms with Crippen LogP contribution in [0, 0.1) is 11.3 Å². The van der Waals surface area contributed by atoms with E-state index >= 15 is 0 Å². The van der Waals surface area contributed by atoms with Gasteiger partial charge in [-0.3, -0.25) is 4.90 Å². The summed E-state index contributed by atoms with van der Waals surface area (Å²) in [6.45, 7) is 1.25. The van der Waals surface area contributed by atoms with Crippen LogP contribution in [-0.2, 0) is 10.9 Å². The van der Waals surface area contributed by atoms with Gasteiger partial charge in [0.15, 0.2) is 0 Å². The highest BCUT2D eigenvalue weighted by atomic mass is 19.4. The Morgan fingerprint density at radius 1 is 1.48 bits per heavy atom. The molecule has 1 aliphatic heterocycles. The molecule has 0 unspecified atom stereocenters. The largest absolute Gasteiger partial charge is 0.433 e. The molecule has 23 heavy (non-hydrogen) atoms. The molecule has 1 aliphatic rings. The minimum absolute atomic E-state index is 0.0524. The van der Waals surface area contributed by atoms with Crippen LogP contribution in [-0.4, -0.2) is 56.3 Å². The molecule has 1 aromatic heterocycles. The summed E-state index contributed by atoms with van der Waals surface area (Å²) in [5, 5.41) is 9.13. The van der Waals surface area contributed by atoms with Crippen LogP contribution in [0.25, 0.3) is 0 Å². The van der Waals surface area contributed by atoms with Gasteiger partial charge in [0, 0.05) is 33.3 Å². The van der Waals surface area contributed by atoms with Gasteiger partial charge < -0.3 is 9.64 Å². The number of anilines is 1. The highest BCUT2D eigenvalue weighted by molar-refractivity contribution is 5.54. The molecule has 0 aromatic carbocycles. The summed E-state index contributed by atoms with van der Waals surface area (Å²) < 4.78 is 43.9. The molecule has 2 atom stereocenters. The van der Waals surface area contributed by atoms with Crippen molar-refractivity contribution in [1.29, 1.82) is 5.26 Å². The van der Waals surface area contributed by atoms with Gasteiger partial charge in [0.1, 0.15) is 17.6 Å². The Morgan fingerprint density at radius 3 is 2.70 bits per heavy atom. The second kappa shape index (κ2) is 6.72. The number of ether oxygens (including phenoxy) is 1. The molecule has 0 N–H and O–H groups in total. The molecule has 0 amide bonds. The zero-order valence-corrected chi connectivity index (χ0v) is 13.3. The van der Waals surface area contributed by atoms with Crippen molar-refractivity contribution in [1.82, 2.24) is 9.88 Å². The third kappa shape index (κ3) is 3.92. The zero-order valence-electron chi connectivity index (χ0n) is 13.3. The monoisotopic (exact) mass is 328 g/mol. The normalized spacial score (nSPS) is 22.1. The molecule has 0 radical (unpaired) electrons. The van der Waals surface area contributed by atoms with E-state index in [-0.39, 0.29) is 23.5 Å². The van der Waals surface area contributed by atoms with Crippen molar-refractivity contribution < 1.29 is 17.9 Å². The number of methoxy groups -OCH3 is 1. The molecule has 5 nitrogen and oxygen atoms in total. The van der Waals surface area contributed by atoms with Gasteiger partial charge in [0.2, 0.25) is 0 Å². The highest BCUT2D eigenvalue weighted by Crippen LogP contribution is 2.30. The number of aromatic nitrogens is 1. The van der Waals surface area contributed by atoms with E-state index in [0.717, 1.165) is 25.1 Å². The Kier molecular flexibility index (Phi) is 5.12. The summed E-state index contributed by atoms with van der Waals surface area (Å²) in [4.78, 5) is 7.36. The summed E-state index contributed by atoms with van der Waals surface area (Å²) in [5.41, 5.74) is -0.864. The molecular formula is C15H19F3N4O. The van der Waals surface area contributed by atoms with E-state index in [9.17, 15) is 13.2 Å². The molecule has 1 saturated heterocycles. The summed E-state index contributed by atoms with van der Waals surface area (Å²) in [6, 6.07) is 4.03. The van der Waals surface area contributed by atoms with Crippen LogP contribution in [0.3, 0.4) is 0 Å². The fraction of sp³-hybridized carbons (Fsp3) is 0.600. The Hall–Kier alpha value is -1.85. The van der Waals surface area contributed by atoms with Gasteiger partial charge in [-0.1, -0.05) is 0 Å². The van der Waals surface area contributed by atoms with E-state index in [1.54, 1.807) is 19.1 Å². The number of pyridine rings is 1. The van der Waals surface area contributed by atoms with Crippen LogP contribution in [0.15, 0.2) is 12.1 Å². The Balaban J connectivity index is 2.21. The first-order valence-corrected chi connectivity index (χ1v) is 7.18. The number of alkyl halides is 3. The molecule has 1 fully saturated rings. The molecule has 8 heteroatoms. The molecule has 0 spiro atoms. The van der Waals surface area contributed by atoms with E-state index in [1.807, 2.05) is 13.1 Å². The van der Waals surface area contributed by atoms with E-state index < -0.39 is 11.9 Å². The van der Waals surface area contributed by atoms with Crippen molar-refractivity contribution in [2.75, 3.05) is 39.2 Å². The average Bonchev–Trinajstić information content (AvgIpc) is 2.85. The second-order valence-electron chi connectivity index (χ2n) is 5.74. The van der Waals surface area contributed by atoms with Crippen molar-refractivity contribution in [3.8, 4) is 6.07 Å². The maximum absolute atomic E-state index is 12.8. The molecule has 1 aromatic rings. The van der Waals surface area contributed by atoms with Gasteiger partial charge in [-0.05, 0) is 25.6 Å². The van der Waals surface area contributed by atoms with Crippen LogP contribution in [0.4, 0.5) is 19.0 Å². The van der Waals surface area contributed by atoms with Crippen molar-refractivity contribution in [2.45, 2.75) is 24.7 Å². The van der Waals surface area contributed by atoms with Crippen molar-refractivity contribution in [3.63, 3.8) is 0 Å². The smallest absolute Gasteiger partial charge is 0.380 e. The number of nitriles is 1. The number of likely N-dealkylation sites (tertiary alicyclic amines) is 1. The van der Waals surface area contributed by atoms with Crippen molar-refractivity contribution in [3.05, 3.63) is 23.4 Å². The lowest BCUT2D eigenvalue weighted by Crippen LogP contribution is -2.37. The number of rotatable bonds is 4. The third-order valence-corrected chi connectivity index (χ3v) is 4.12. The van der Waals surface area contributed by atoms with E-state index in [1.165, 1.54) is 0 Å². The van der Waals surface area contributed by atoms with E-state index in [0.29, 0.717) is 6.54 Å². The Labute approximate surface area is 133 Å². The second-order valence-corrected chi connectivity index (χ2v) is 5.74. The zero-order chi connectivity index (χ0) is 17.2. The van der Waals surface area contributed by atoms with Gasteiger partial charge >= 0.3 is 6.18 Å².